The van der Waals surface area contributed by atoms with Crippen molar-refractivity contribution in [1.82, 2.24) is 15.0 Å². The Kier molecular flexibility index (Phi) is 6.56. The average molecular weight is 610 g/mol. The molecule has 0 bridgehead atoms. The smallest absolute Gasteiger partial charge is 0.451 e. The molecule has 3 aromatic heterocycles. The van der Waals surface area contributed by atoms with Gasteiger partial charge >= 0.3 is 12.1 Å². The van der Waals surface area contributed by atoms with E-state index in [9.17, 15) is 23.1 Å². The fourth-order valence-electron chi connectivity index (χ4n) is 6.13. The molecule has 0 aliphatic carbocycles. The second-order valence-corrected chi connectivity index (χ2v) is 11.1. The molecule has 0 amide bonds. The molecule has 14 heteroatoms. The molecule has 1 unspecified atom stereocenters. The van der Waals surface area contributed by atoms with Crippen LogP contribution in [0.4, 0.5) is 24.7 Å². The van der Waals surface area contributed by atoms with Crippen LogP contribution >= 0.6 is 0 Å². The Labute approximate surface area is 248 Å². The molecular weight excluding hydrogens is 583 g/mol. The lowest BCUT2D eigenvalue weighted by Crippen LogP contribution is -2.68. The van der Waals surface area contributed by atoms with Gasteiger partial charge in [-0.1, -0.05) is 18.1 Å². The molecule has 0 radical (unpaired) electrons. The van der Waals surface area contributed by atoms with Gasteiger partial charge in [-0.2, -0.15) is 13.2 Å². The monoisotopic (exact) mass is 609 g/mol. The summed E-state index contributed by atoms with van der Waals surface area (Å²) in [5.41, 5.74) is 0.839. The fourth-order valence-corrected chi connectivity index (χ4v) is 6.13. The number of pyridine rings is 1. The van der Waals surface area contributed by atoms with Crippen LogP contribution < -0.4 is 14.5 Å². The molecule has 4 aromatic rings. The number of aromatic nitrogens is 3. The van der Waals surface area contributed by atoms with Gasteiger partial charge in [0.25, 0.3) is 0 Å². The topological polar surface area (TPSA) is 123 Å². The number of hydrogen-bond donors (Lipinski definition) is 1. The summed E-state index contributed by atoms with van der Waals surface area (Å²) in [7, 11) is 0. The minimum Gasteiger partial charge on any atom is -0.480 e. The number of furan rings is 1. The largest absolute Gasteiger partial charge is 0.480 e. The number of carbonyl (C=O) groups is 1. The van der Waals surface area contributed by atoms with Gasteiger partial charge in [-0.15, -0.1) is 6.42 Å². The maximum atomic E-state index is 13.9. The molecular formula is C30H26F3N5O6. The molecule has 3 saturated heterocycles. The molecule has 44 heavy (non-hydrogen) atoms. The second-order valence-electron chi connectivity index (χ2n) is 11.1. The van der Waals surface area contributed by atoms with E-state index in [4.69, 9.17) is 25.1 Å². The van der Waals surface area contributed by atoms with Crippen LogP contribution in [0.1, 0.15) is 24.7 Å². The van der Waals surface area contributed by atoms with Crippen molar-refractivity contribution in [2.75, 3.05) is 42.7 Å². The van der Waals surface area contributed by atoms with Crippen LogP contribution in [0.3, 0.4) is 0 Å². The fraction of sp³-hybridized carbons (Fsp3) is 0.400. The Bertz CT molecular complexity index is 1820. The van der Waals surface area contributed by atoms with E-state index in [1.807, 2.05) is 6.92 Å². The van der Waals surface area contributed by atoms with Crippen LogP contribution in [0.2, 0.25) is 0 Å². The first kappa shape index (κ1) is 28.2. The first-order valence-corrected chi connectivity index (χ1v) is 14.0. The van der Waals surface area contributed by atoms with Crippen LogP contribution in [0.5, 0.6) is 5.88 Å². The van der Waals surface area contributed by atoms with Crippen molar-refractivity contribution in [1.29, 1.82) is 0 Å². The molecule has 3 aliphatic heterocycles. The number of para-hydroxylation sites is 1. The van der Waals surface area contributed by atoms with Gasteiger partial charge in [-0.05, 0) is 25.1 Å². The van der Waals surface area contributed by atoms with Gasteiger partial charge in [0, 0.05) is 30.1 Å². The van der Waals surface area contributed by atoms with Gasteiger partial charge < -0.3 is 33.5 Å². The SMILES string of the molecule is C#Cc1cnc(OC2C[C@@H](C(=O)O)N(c3nc(C(F)(F)F)nc4c3oc3ccccc34)C2)c(N2CCOC3(COC3)[C@@H]2C)c1. The lowest BCUT2D eigenvalue weighted by atomic mass is 9.90. The van der Waals surface area contributed by atoms with Crippen molar-refractivity contribution >= 4 is 39.5 Å². The van der Waals surface area contributed by atoms with Crippen LogP contribution in [0.15, 0.2) is 40.9 Å². The lowest BCUT2D eigenvalue weighted by molar-refractivity contribution is -0.228. The zero-order valence-electron chi connectivity index (χ0n) is 23.4. The van der Waals surface area contributed by atoms with Crippen molar-refractivity contribution in [3.8, 4) is 18.2 Å². The van der Waals surface area contributed by atoms with E-state index in [0.717, 1.165) is 0 Å². The van der Waals surface area contributed by atoms with Crippen LogP contribution in [0.25, 0.3) is 22.1 Å². The van der Waals surface area contributed by atoms with Crippen molar-refractivity contribution in [3.63, 3.8) is 0 Å². The number of terminal acetylenes is 1. The van der Waals surface area contributed by atoms with E-state index in [-0.39, 0.29) is 41.8 Å². The Morgan fingerprint density at radius 3 is 2.73 bits per heavy atom. The number of alkyl halides is 3. The van der Waals surface area contributed by atoms with Gasteiger partial charge in [-0.3, -0.25) is 0 Å². The van der Waals surface area contributed by atoms with Gasteiger partial charge in [-0.25, -0.2) is 19.7 Å². The summed E-state index contributed by atoms with van der Waals surface area (Å²) in [5, 5.41) is 10.5. The van der Waals surface area contributed by atoms with E-state index in [1.165, 1.54) is 11.1 Å². The minimum absolute atomic E-state index is 0.0431. The summed E-state index contributed by atoms with van der Waals surface area (Å²) in [6, 6.07) is 6.90. The highest BCUT2D eigenvalue weighted by Crippen LogP contribution is 2.41. The molecule has 1 aromatic carbocycles. The first-order valence-electron chi connectivity index (χ1n) is 14.0. The van der Waals surface area contributed by atoms with Crippen LogP contribution in [0, 0.1) is 12.3 Å². The Morgan fingerprint density at radius 2 is 2.02 bits per heavy atom. The standard InChI is InChI=1S/C30H26F3N5O6/c1-3-17-10-20(37-8-9-42-29(16(37)2)14-41-15-29)26(34-12-17)43-18-11-21(27(39)40)38(13-18)25-24-23(35-28(36-25)30(31,32)33)19-6-4-5-7-22(19)44-24/h1,4-7,10,12,16,18,21H,8-9,11,13-15H2,2H3,(H,39,40)/t16-,18?,21-/m0/s1. The van der Waals surface area contributed by atoms with Gasteiger partial charge in [0.15, 0.2) is 11.4 Å². The normalized spacial score (nSPS) is 23.2. The van der Waals surface area contributed by atoms with Crippen molar-refractivity contribution in [3.05, 3.63) is 47.9 Å². The van der Waals surface area contributed by atoms with E-state index >= 15 is 0 Å². The molecule has 0 saturated carbocycles. The van der Waals surface area contributed by atoms with Crippen molar-refractivity contribution in [2.45, 2.75) is 43.3 Å². The van der Waals surface area contributed by atoms with E-state index in [1.54, 1.807) is 30.3 Å². The number of ether oxygens (including phenoxy) is 3. The first-order chi connectivity index (χ1) is 21.1. The summed E-state index contributed by atoms with van der Waals surface area (Å²) in [5.74, 6) is -0.125. The lowest BCUT2D eigenvalue weighted by Gasteiger charge is -2.53. The molecule has 228 valence electrons. The summed E-state index contributed by atoms with van der Waals surface area (Å²) >= 11 is 0. The number of anilines is 2. The summed E-state index contributed by atoms with van der Waals surface area (Å²) in [4.78, 5) is 27.8. The van der Waals surface area contributed by atoms with Crippen LogP contribution in [-0.2, 0) is 20.4 Å². The molecule has 1 N–H and O–H groups in total. The second kappa shape index (κ2) is 10.2. The maximum Gasteiger partial charge on any atom is 0.451 e. The zero-order valence-corrected chi connectivity index (χ0v) is 23.4. The number of fused-ring (bicyclic) bond motifs is 3. The highest BCUT2D eigenvalue weighted by molar-refractivity contribution is 6.06. The van der Waals surface area contributed by atoms with Crippen LogP contribution in [-0.4, -0.2) is 82.7 Å². The average Bonchev–Trinajstić information content (AvgIpc) is 3.58. The highest BCUT2D eigenvalue weighted by Gasteiger charge is 2.50. The maximum absolute atomic E-state index is 13.9. The molecule has 7 rings (SSSR count). The number of rotatable bonds is 5. The Morgan fingerprint density at radius 1 is 1.23 bits per heavy atom. The third-order valence-corrected chi connectivity index (χ3v) is 8.51. The number of hydrogen-bond acceptors (Lipinski definition) is 10. The van der Waals surface area contributed by atoms with Gasteiger partial charge in [0.1, 0.15) is 34.5 Å². The number of nitrogens with zero attached hydrogens (tertiary/aromatic N) is 5. The third-order valence-electron chi connectivity index (χ3n) is 8.51. The Hall–Kier alpha value is -4.61. The van der Waals surface area contributed by atoms with Crippen molar-refractivity contribution in [2.24, 2.45) is 0 Å². The number of carboxylic acid groups (broad SMARTS) is 1. The van der Waals surface area contributed by atoms with E-state index in [0.29, 0.717) is 48.6 Å². The highest BCUT2D eigenvalue weighted by atomic mass is 19.4. The molecule has 3 fully saturated rings. The predicted octanol–water partition coefficient (Wildman–Crippen LogP) is 3.88. The van der Waals surface area contributed by atoms with Crippen molar-refractivity contribution < 1.29 is 41.7 Å². The van der Waals surface area contributed by atoms with Gasteiger partial charge in [0.2, 0.25) is 11.7 Å². The Balaban J connectivity index is 1.26. The molecule has 3 aliphatic rings. The number of benzene rings is 1. The van der Waals surface area contributed by atoms with E-state index < -0.39 is 35.7 Å². The number of aliphatic carboxylic acids is 1. The molecule has 6 heterocycles. The quantitative estimate of drug-likeness (QED) is 0.332. The minimum atomic E-state index is -4.88. The predicted molar refractivity (Wildman–Crippen MR) is 151 cm³/mol. The molecule has 11 nitrogen and oxygen atoms in total. The van der Waals surface area contributed by atoms with Gasteiger partial charge in [0.05, 0.1) is 32.4 Å². The summed E-state index contributed by atoms with van der Waals surface area (Å²) in [6.45, 7) is 3.75. The van der Waals surface area contributed by atoms with E-state index in [2.05, 4.69) is 25.8 Å². The number of halogens is 3. The number of morpholine rings is 1. The summed E-state index contributed by atoms with van der Waals surface area (Å²) in [6.07, 6.45) is 1.43. The summed E-state index contributed by atoms with van der Waals surface area (Å²) < 4.78 is 65.6. The zero-order chi connectivity index (χ0) is 30.8. The molecule has 1 spiro atoms. The molecule has 3 atom stereocenters. The third kappa shape index (κ3) is 4.54. The number of carboxylic acids is 1.